The molecule has 0 aliphatic heterocycles. The minimum absolute atomic E-state index is 0.0803. The summed E-state index contributed by atoms with van der Waals surface area (Å²) in [5.74, 6) is -0.581. The molecule has 0 aliphatic carbocycles. The predicted molar refractivity (Wildman–Crippen MR) is 53.8 cm³/mol. The second-order valence-corrected chi connectivity index (χ2v) is 3.04. The summed E-state index contributed by atoms with van der Waals surface area (Å²) in [5, 5.41) is 22.3. The number of nitrogens with one attached hydrogen (secondary N) is 1. The molecule has 0 unspecified atom stereocenters. The zero-order valence-electron chi connectivity index (χ0n) is 8.27. The van der Waals surface area contributed by atoms with Gasteiger partial charge in [-0.15, -0.1) is 0 Å². The monoisotopic (exact) mass is 210 g/mol. The third-order valence-corrected chi connectivity index (χ3v) is 1.91. The maximum absolute atomic E-state index is 10.8. The summed E-state index contributed by atoms with van der Waals surface area (Å²) in [4.78, 5) is 20.8. The van der Waals surface area contributed by atoms with Gasteiger partial charge in [0.2, 0.25) is 5.91 Å². The Bertz CT molecular complexity index is 428. The first-order chi connectivity index (χ1) is 6.93. The molecule has 0 heterocycles. The van der Waals surface area contributed by atoms with Crippen molar-refractivity contribution in [3.05, 3.63) is 27.8 Å². The van der Waals surface area contributed by atoms with E-state index in [1.54, 1.807) is 0 Å². The minimum atomic E-state index is -0.569. The number of hydrogen-bond acceptors (Lipinski definition) is 4. The van der Waals surface area contributed by atoms with Gasteiger partial charge in [0.05, 0.1) is 16.2 Å². The second-order valence-electron chi connectivity index (χ2n) is 3.04. The standard InChI is InChI=1S/C9H10N2O4/c1-5-7(11(14)15)3-4-8(13)9(5)10-6(2)12/h3-4,13H,1-2H3,(H,10,12). The number of nitro benzene ring substituents is 1. The maximum atomic E-state index is 10.8. The highest BCUT2D eigenvalue weighted by Crippen LogP contribution is 2.33. The number of anilines is 1. The largest absolute Gasteiger partial charge is 0.506 e. The molecule has 1 amide bonds. The van der Waals surface area contributed by atoms with E-state index in [9.17, 15) is 20.0 Å². The third kappa shape index (κ3) is 2.22. The van der Waals surface area contributed by atoms with E-state index in [1.807, 2.05) is 0 Å². The molecule has 80 valence electrons. The highest BCUT2D eigenvalue weighted by molar-refractivity contribution is 5.92. The van der Waals surface area contributed by atoms with E-state index in [0.29, 0.717) is 0 Å². The van der Waals surface area contributed by atoms with Crippen molar-refractivity contribution in [1.82, 2.24) is 0 Å². The second kappa shape index (κ2) is 3.95. The Morgan fingerprint density at radius 3 is 2.60 bits per heavy atom. The van der Waals surface area contributed by atoms with Crippen LogP contribution < -0.4 is 5.32 Å². The van der Waals surface area contributed by atoms with E-state index in [2.05, 4.69) is 5.32 Å². The predicted octanol–water partition coefficient (Wildman–Crippen LogP) is 1.57. The number of hydrogen-bond donors (Lipinski definition) is 2. The quantitative estimate of drug-likeness (QED) is 0.440. The highest BCUT2D eigenvalue weighted by Gasteiger charge is 2.17. The van der Waals surface area contributed by atoms with Crippen LogP contribution >= 0.6 is 0 Å². The fourth-order valence-corrected chi connectivity index (χ4v) is 1.22. The van der Waals surface area contributed by atoms with E-state index < -0.39 is 10.8 Å². The number of carbonyl (C=O) groups excluding carboxylic acids is 1. The molecule has 0 aromatic heterocycles. The minimum Gasteiger partial charge on any atom is -0.506 e. The number of carbonyl (C=O) groups is 1. The van der Waals surface area contributed by atoms with Crippen LogP contribution in [-0.4, -0.2) is 15.9 Å². The molecule has 0 aliphatic rings. The summed E-state index contributed by atoms with van der Waals surface area (Å²) in [5.41, 5.74) is 0.170. The number of phenolic OH excluding ortho intramolecular Hbond substituents is 1. The molecule has 1 aromatic rings. The lowest BCUT2D eigenvalue weighted by atomic mass is 10.1. The molecule has 6 nitrogen and oxygen atoms in total. The van der Waals surface area contributed by atoms with Crippen LogP contribution in [0.2, 0.25) is 0 Å². The molecule has 0 spiro atoms. The van der Waals surface area contributed by atoms with Crippen molar-refractivity contribution >= 4 is 17.3 Å². The first-order valence-corrected chi connectivity index (χ1v) is 4.18. The Morgan fingerprint density at radius 1 is 1.53 bits per heavy atom. The van der Waals surface area contributed by atoms with Gasteiger partial charge in [0, 0.05) is 13.0 Å². The smallest absolute Gasteiger partial charge is 0.274 e. The van der Waals surface area contributed by atoms with Crippen molar-refractivity contribution < 1.29 is 14.8 Å². The summed E-state index contributed by atoms with van der Waals surface area (Å²) < 4.78 is 0. The molecule has 0 bridgehead atoms. The summed E-state index contributed by atoms with van der Waals surface area (Å²) in [6.07, 6.45) is 0. The lowest BCUT2D eigenvalue weighted by molar-refractivity contribution is -0.385. The van der Waals surface area contributed by atoms with Gasteiger partial charge in [-0.3, -0.25) is 14.9 Å². The van der Waals surface area contributed by atoms with Crippen LogP contribution in [0, 0.1) is 17.0 Å². The van der Waals surface area contributed by atoms with E-state index in [-0.39, 0.29) is 22.7 Å². The first-order valence-electron chi connectivity index (χ1n) is 4.18. The molecule has 0 fully saturated rings. The van der Waals surface area contributed by atoms with Gasteiger partial charge in [0.15, 0.2) is 0 Å². The van der Waals surface area contributed by atoms with Crippen LogP contribution in [0.25, 0.3) is 0 Å². The first kappa shape index (κ1) is 11.0. The molecular formula is C9H10N2O4. The molecule has 0 saturated carbocycles. The zero-order valence-corrected chi connectivity index (χ0v) is 8.27. The normalized spacial score (nSPS) is 9.73. The summed E-state index contributed by atoms with van der Waals surface area (Å²) in [6, 6.07) is 2.37. The summed E-state index contributed by atoms with van der Waals surface area (Å²) >= 11 is 0. The number of nitrogens with zero attached hydrogens (tertiary/aromatic N) is 1. The number of phenols is 1. The average molecular weight is 210 g/mol. The molecule has 0 radical (unpaired) electrons. The number of benzene rings is 1. The third-order valence-electron chi connectivity index (χ3n) is 1.91. The maximum Gasteiger partial charge on any atom is 0.274 e. The number of aromatic hydroxyl groups is 1. The van der Waals surface area contributed by atoms with Crippen molar-refractivity contribution in [3.8, 4) is 5.75 Å². The Kier molecular flexibility index (Phi) is 2.89. The van der Waals surface area contributed by atoms with Gasteiger partial charge in [-0.2, -0.15) is 0 Å². The van der Waals surface area contributed by atoms with E-state index in [0.717, 1.165) is 0 Å². The summed E-state index contributed by atoms with van der Waals surface area (Å²) in [6.45, 7) is 2.72. The molecule has 6 heteroatoms. The van der Waals surface area contributed by atoms with Gasteiger partial charge in [-0.25, -0.2) is 0 Å². The topological polar surface area (TPSA) is 92.5 Å². The number of amides is 1. The van der Waals surface area contributed by atoms with E-state index >= 15 is 0 Å². The van der Waals surface area contributed by atoms with Gasteiger partial charge >= 0.3 is 0 Å². The van der Waals surface area contributed by atoms with E-state index in [4.69, 9.17) is 0 Å². The Labute approximate surface area is 85.7 Å². The lowest BCUT2D eigenvalue weighted by Crippen LogP contribution is -2.08. The molecular weight excluding hydrogens is 200 g/mol. The van der Waals surface area contributed by atoms with Crippen LogP contribution in [0.5, 0.6) is 5.75 Å². The highest BCUT2D eigenvalue weighted by atomic mass is 16.6. The van der Waals surface area contributed by atoms with Crippen molar-refractivity contribution in [1.29, 1.82) is 0 Å². The van der Waals surface area contributed by atoms with Crippen LogP contribution in [0.3, 0.4) is 0 Å². The van der Waals surface area contributed by atoms with Crippen LogP contribution in [0.4, 0.5) is 11.4 Å². The van der Waals surface area contributed by atoms with Gasteiger partial charge in [-0.1, -0.05) is 0 Å². The molecule has 1 rings (SSSR count). The van der Waals surface area contributed by atoms with Crippen molar-refractivity contribution in [2.75, 3.05) is 5.32 Å². The van der Waals surface area contributed by atoms with Crippen molar-refractivity contribution in [3.63, 3.8) is 0 Å². The average Bonchev–Trinajstić information content (AvgIpc) is 2.11. The van der Waals surface area contributed by atoms with Gasteiger partial charge in [0.1, 0.15) is 5.75 Å². The van der Waals surface area contributed by atoms with Gasteiger partial charge in [0.25, 0.3) is 5.69 Å². The molecule has 2 N–H and O–H groups in total. The molecule has 15 heavy (non-hydrogen) atoms. The fourth-order valence-electron chi connectivity index (χ4n) is 1.22. The molecule has 0 atom stereocenters. The van der Waals surface area contributed by atoms with Crippen LogP contribution in [0.1, 0.15) is 12.5 Å². The van der Waals surface area contributed by atoms with Gasteiger partial charge < -0.3 is 10.4 Å². The number of nitro groups is 1. The summed E-state index contributed by atoms with van der Waals surface area (Å²) in [7, 11) is 0. The van der Waals surface area contributed by atoms with Gasteiger partial charge in [-0.05, 0) is 13.0 Å². The Balaban J connectivity index is 3.29. The zero-order chi connectivity index (χ0) is 11.6. The molecule has 0 saturated heterocycles. The number of rotatable bonds is 2. The fraction of sp³-hybridized carbons (Fsp3) is 0.222. The van der Waals surface area contributed by atoms with Crippen LogP contribution in [0.15, 0.2) is 12.1 Å². The Morgan fingerprint density at radius 2 is 2.13 bits per heavy atom. The van der Waals surface area contributed by atoms with Crippen molar-refractivity contribution in [2.24, 2.45) is 0 Å². The Hall–Kier alpha value is -2.11. The van der Waals surface area contributed by atoms with E-state index in [1.165, 1.54) is 26.0 Å². The van der Waals surface area contributed by atoms with Crippen molar-refractivity contribution in [2.45, 2.75) is 13.8 Å². The SMILES string of the molecule is CC(=O)Nc1c(O)ccc([N+](=O)[O-])c1C. The lowest BCUT2D eigenvalue weighted by Gasteiger charge is -2.08. The van der Waals surface area contributed by atoms with Crippen LogP contribution in [-0.2, 0) is 4.79 Å². The molecule has 1 aromatic carbocycles.